The van der Waals surface area contributed by atoms with Crippen LogP contribution in [0.5, 0.6) is 5.75 Å². The first-order chi connectivity index (χ1) is 12.2. The molecule has 0 radical (unpaired) electrons. The molecule has 0 spiro atoms. The second-order valence-electron chi connectivity index (χ2n) is 6.82. The third-order valence-corrected chi connectivity index (χ3v) is 4.81. The predicted molar refractivity (Wildman–Crippen MR) is 121 cm³/mol. The molecule has 0 atom stereocenters. The summed E-state index contributed by atoms with van der Waals surface area (Å²) in [6.07, 6.45) is 4.53. The normalized spacial score (nSPS) is 16.1. The zero-order chi connectivity index (χ0) is 18.1. The molecule has 0 unspecified atom stereocenters. The van der Waals surface area contributed by atoms with Gasteiger partial charge in [-0.1, -0.05) is 24.6 Å². The molecule has 0 aromatic heterocycles. The monoisotopic (exact) mass is 474 g/mol. The highest BCUT2D eigenvalue weighted by Crippen LogP contribution is 2.19. The fourth-order valence-electron chi connectivity index (χ4n) is 3.42. The zero-order valence-corrected chi connectivity index (χ0v) is 19.0. The summed E-state index contributed by atoms with van der Waals surface area (Å²) < 4.78 is 5.46. The van der Waals surface area contributed by atoms with Gasteiger partial charge in [-0.05, 0) is 50.8 Å². The summed E-state index contributed by atoms with van der Waals surface area (Å²) in [7, 11) is 3.57. The van der Waals surface area contributed by atoms with Crippen LogP contribution < -0.4 is 15.4 Å². The molecule has 1 aromatic rings. The summed E-state index contributed by atoms with van der Waals surface area (Å²) >= 11 is 0. The highest BCUT2D eigenvalue weighted by Gasteiger charge is 2.19. The highest BCUT2D eigenvalue weighted by atomic mass is 127. The average Bonchev–Trinajstić information content (AvgIpc) is 2.63. The van der Waals surface area contributed by atoms with Gasteiger partial charge in [0.1, 0.15) is 5.75 Å². The van der Waals surface area contributed by atoms with E-state index in [0.29, 0.717) is 6.04 Å². The van der Waals surface area contributed by atoms with Crippen molar-refractivity contribution in [1.82, 2.24) is 15.5 Å². The molecular weight excluding hydrogens is 439 g/mol. The first-order valence-electron chi connectivity index (χ1n) is 9.49. The van der Waals surface area contributed by atoms with E-state index in [2.05, 4.69) is 46.5 Å². The Kier molecular flexibility index (Phi) is 11.0. The van der Waals surface area contributed by atoms with Crippen LogP contribution in [0.3, 0.4) is 0 Å². The molecule has 0 bridgehead atoms. The number of rotatable bonds is 7. The first kappa shape index (κ1) is 23.0. The Bertz CT molecular complexity index is 557. The zero-order valence-electron chi connectivity index (χ0n) is 16.7. The molecule has 5 nitrogen and oxygen atoms in total. The van der Waals surface area contributed by atoms with Gasteiger partial charge in [-0.15, -0.1) is 24.0 Å². The number of ether oxygens (including phenoxy) is 1. The van der Waals surface area contributed by atoms with Gasteiger partial charge in [-0.3, -0.25) is 4.99 Å². The van der Waals surface area contributed by atoms with E-state index in [1.165, 1.54) is 50.0 Å². The molecular formula is C20H35IN4O. The highest BCUT2D eigenvalue weighted by molar-refractivity contribution is 14.0. The van der Waals surface area contributed by atoms with Crippen LogP contribution in [0.25, 0.3) is 0 Å². The summed E-state index contributed by atoms with van der Waals surface area (Å²) in [6, 6.07) is 6.84. The summed E-state index contributed by atoms with van der Waals surface area (Å²) in [6.45, 7) is 8.79. The second kappa shape index (κ2) is 12.4. The van der Waals surface area contributed by atoms with Crippen molar-refractivity contribution < 1.29 is 4.74 Å². The van der Waals surface area contributed by atoms with Crippen molar-refractivity contribution >= 4 is 29.9 Å². The average molecular weight is 474 g/mol. The van der Waals surface area contributed by atoms with Gasteiger partial charge in [0.2, 0.25) is 0 Å². The number of benzene rings is 1. The Balaban J connectivity index is 0.00000338. The van der Waals surface area contributed by atoms with E-state index < -0.39 is 0 Å². The lowest BCUT2D eigenvalue weighted by molar-refractivity contribution is 0.206. The molecule has 26 heavy (non-hydrogen) atoms. The largest absolute Gasteiger partial charge is 0.496 e. The number of guanidine groups is 1. The Morgan fingerprint density at radius 1 is 1.31 bits per heavy atom. The van der Waals surface area contributed by atoms with Crippen molar-refractivity contribution in [3.63, 3.8) is 0 Å². The Hall–Kier alpha value is -1.02. The van der Waals surface area contributed by atoms with E-state index in [9.17, 15) is 0 Å². The van der Waals surface area contributed by atoms with Crippen LogP contribution in [-0.2, 0) is 6.42 Å². The minimum atomic E-state index is 0. The van der Waals surface area contributed by atoms with Crippen LogP contribution in [0.1, 0.15) is 37.3 Å². The molecule has 1 heterocycles. The lowest BCUT2D eigenvalue weighted by Gasteiger charge is -2.32. The summed E-state index contributed by atoms with van der Waals surface area (Å²) in [4.78, 5) is 6.93. The van der Waals surface area contributed by atoms with Crippen molar-refractivity contribution in [2.24, 2.45) is 4.99 Å². The second-order valence-corrected chi connectivity index (χ2v) is 6.82. The number of aryl methyl sites for hydroxylation is 1. The maximum atomic E-state index is 5.46. The molecule has 2 N–H and O–H groups in total. The van der Waals surface area contributed by atoms with Crippen LogP contribution in [0, 0.1) is 6.92 Å². The molecule has 1 aliphatic heterocycles. The summed E-state index contributed by atoms with van der Waals surface area (Å²) in [5, 5.41) is 7.02. The number of piperidine rings is 1. The molecule has 2 rings (SSSR count). The molecule has 0 saturated carbocycles. The molecule has 1 aromatic carbocycles. The van der Waals surface area contributed by atoms with Gasteiger partial charge in [0.05, 0.1) is 7.11 Å². The molecule has 1 aliphatic rings. The van der Waals surface area contributed by atoms with Gasteiger partial charge in [0, 0.05) is 32.7 Å². The number of methoxy groups -OCH3 is 1. The van der Waals surface area contributed by atoms with Crippen LogP contribution >= 0.6 is 24.0 Å². The van der Waals surface area contributed by atoms with E-state index in [4.69, 9.17) is 4.74 Å². The predicted octanol–water partition coefficient (Wildman–Crippen LogP) is 3.20. The van der Waals surface area contributed by atoms with E-state index >= 15 is 0 Å². The van der Waals surface area contributed by atoms with Gasteiger partial charge < -0.3 is 20.3 Å². The maximum Gasteiger partial charge on any atom is 0.191 e. The first-order valence-corrected chi connectivity index (χ1v) is 9.49. The number of nitrogens with one attached hydrogen (secondary N) is 2. The van der Waals surface area contributed by atoms with Gasteiger partial charge in [0.15, 0.2) is 5.96 Å². The number of aliphatic imine (C=N–C) groups is 1. The van der Waals surface area contributed by atoms with Gasteiger partial charge in [0.25, 0.3) is 0 Å². The minimum absolute atomic E-state index is 0. The standard InChI is InChI=1S/C20H34N4O.HI/c1-5-12-24-13-9-18(10-14-24)23-20(21-3)22-11-8-17-15-16(2)6-7-19(17)25-4;/h6-7,15,18H,5,8-14H2,1-4H3,(H2,21,22,23);1H. The van der Waals surface area contributed by atoms with Crippen molar-refractivity contribution in [1.29, 1.82) is 0 Å². The fourth-order valence-corrected chi connectivity index (χ4v) is 3.42. The van der Waals surface area contributed by atoms with Gasteiger partial charge >= 0.3 is 0 Å². The van der Waals surface area contributed by atoms with E-state index in [1.54, 1.807) is 7.11 Å². The van der Waals surface area contributed by atoms with Crippen molar-refractivity contribution in [2.45, 2.75) is 45.6 Å². The van der Waals surface area contributed by atoms with Crippen LogP contribution in [0.4, 0.5) is 0 Å². The lowest BCUT2D eigenvalue weighted by Crippen LogP contribution is -2.49. The number of nitrogens with zero attached hydrogens (tertiary/aromatic N) is 2. The molecule has 148 valence electrons. The molecule has 1 fully saturated rings. The maximum absolute atomic E-state index is 5.46. The fraction of sp³-hybridized carbons (Fsp3) is 0.650. The van der Waals surface area contributed by atoms with Gasteiger partial charge in [-0.2, -0.15) is 0 Å². The Morgan fingerprint density at radius 2 is 2.04 bits per heavy atom. The number of likely N-dealkylation sites (tertiary alicyclic amines) is 1. The van der Waals surface area contributed by atoms with Crippen molar-refractivity contribution in [3.8, 4) is 5.75 Å². The molecule has 0 aliphatic carbocycles. The van der Waals surface area contributed by atoms with Crippen molar-refractivity contribution in [3.05, 3.63) is 29.3 Å². The van der Waals surface area contributed by atoms with Crippen molar-refractivity contribution in [2.75, 3.05) is 40.3 Å². The van der Waals surface area contributed by atoms with E-state index in [1.807, 2.05) is 13.1 Å². The quantitative estimate of drug-likeness (QED) is 0.362. The van der Waals surface area contributed by atoms with E-state index in [-0.39, 0.29) is 24.0 Å². The SMILES string of the molecule is CCCN1CCC(NC(=NC)NCCc2cc(C)ccc2OC)CC1.I. The smallest absolute Gasteiger partial charge is 0.191 e. The van der Waals surface area contributed by atoms with Gasteiger partial charge in [-0.25, -0.2) is 0 Å². The Morgan fingerprint density at radius 3 is 2.65 bits per heavy atom. The molecule has 1 saturated heterocycles. The topological polar surface area (TPSA) is 48.9 Å². The minimum Gasteiger partial charge on any atom is -0.496 e. The van der Waals surface area contributed by atoms with Crippen LogP contribution in [-0.4, -0.2) is 57.2 Å². The third-order valence-electron chi connectivity index (χ3n) is 4.81. The number of hydrogen-bond acceptors (Lipinski definition) is 3. The number of halogens is 1. The lowest BCUT2D eigenvalue weighted by atomic mass is 10.1. The van der Waals surface area contributed by atoms with E-state index in [0.717, 1.165) is 24.7 Å². The van der Waals surface area contributed by atoms with Crippen LogP contribution in [0.15, 0.2) is 23.2 Å². The summed E-state index contributed by atoms with van der Waals surface area (Å²) in [5.41, 5.74) is 2.50. The number of hydrogen-bond donors (Lipinski definition) is 2. The summed E-state index contributed by atoms with van der Waals surface area (Å²) in [5.74, 6) is 1.86. The third kappa shape index (κ3) is 7.31. The molecule has 0 amide bonds. The molecule has 6 heteroatoms. The van der Waals surface area contributed by atoms with Crippen LogP contribution in [0.2, 0.25) is 0 Å². The Labute approximate surface area is 176 Å².